The third-order valence-electron chi connectivity index (χ3n) is 11.2. The van der Waals surface area contributed by atoms with Gasteiger partial charge in [0.1, 0.15) is 23.0 Å². The summed E-state index contributed by atoms with van der Waals surface area (Å²) < 4.78 is 12.9. The van der Waals surface area contributed by atoms with Crippen molar-refractivity contribution in [1.82, 2.24) is 25.3 Å². The number of aryl methyl sites for hydroxylation is 1. The van der Waals surface area contributed by atoms with Gasteiger partial charge in [0.05, 0.1) is 11.3 Å². The number of aromatic nitrogens is 3. The Morgan fingerprint density at radius 1 is 1.16 bits per heavy atom. The molecule has 3 aromatic rings. The summed E-state index contributed by atoms with van der Waals surface area (Å²) in [6.07, 6.45) is 11.7. The molecule has 0 aromatic carbocycles. The third-order valence-corrected chi connectivity index (χ3v) is 12.3. The van der Waals surface area contributed by atoms with E-state index in [1.165, 1.54) is 30.6 Å². The van der Waals surface area contributed by atoms with Crippen molar-refractivity contribution >= 4 is 22.2 Å². The average molecular weight is 615 g/mol. The molecule has 3 fully saturated rings. The number of nitriles is 1. The van der Waals surface area contributed by atoms with Gasteiger partial charge in [0.2, 0.25) is 17.5 Å². The summed E-state index contributed by atoms with van der Waals surface area (Å²) >= 11 is 1.57. The van der Waals surface area contributed by atoms with Crippen LogP contribution in [0.5, 0.6) is 5.88 Å². The summed E-state index contributed by atoms with van der Waals surface area (Å²) in [6, 6.07) is 4.81. The normalized spacial score (nSPS) is 26.7. The summed E-state index contributed by atoms with van der Waals surface area (Å²) in [4.78, 5) is 16.2. The standard InChI is InChI=1S/C33H42N8O2S/c1-20(23-8-5-15-40(23)2)42-26-17-25(41-16-14-36-32(19-41)10-6-11-32)37-31(38-26)28-21-7-3-12-33(29(21)39-43-28)13-4-9-24-27(33)22(18-34)30(35)44-24/h17,20,23,36H,3-16,19,35H2,1-2H3/t20-,23-,33-/m0/s1. The van der Waals surface area contributed by atoms with E-state index in [0.29, 0.717) is 34.1 Å². The number of nitrogens with zero attached hydrogens (tertiary/aromatic N) is 6. The van der Waals surface area contributed by atoms with E-state index in [-0.39, 0.29) is 17.1 Å². The quantitative estimate of drug-likeness (QED) is 0.413. The second-order valence-corrected chi connectivity index (χ2v) is 14.9. The first-order valence-electron chi connectivity index (χ1n) is 16.5. The fourth-order valence-corrected chi connectivity index (χ4v) is 10.0. The van der Waals surface area contributed by atoms with Crippen molar-refractivity contribution < 1.29 is 9.26 Å². The van der Waals surface area contributed by atoms with Crippen molar-refractivity contribution in [2.24, 2.45) is 0 Å². The van der Waals surface area contributed by atoms with Crippen LogP contribution < -0.4 is 20.7 Å². The lowest BCUT2D eigenvalue weighted by molar-refractivity contribution is 0.117. The Bertz CT molecular complexity index is 1620. The largest absolute Gasteiger partial charge is 0.473 e. The summed E-state index contributed by atoms with van der Waals surface area (Å²) in [6.45, 7) is 6.00. The minimum atomic E-state index is -0.351. The molecule has 10 nitrogen and oxygen atoms in total. The lowest BCUT2D eigenvalue weighted by Gasteiger charge is -2.49. The molecule has 0 radical (unpaired) electrons. The Hall–Kier alpha value is -3.20. The topological polar surface area (TPSA) is 129 Å². The van der Waals surface area contributed by atoms with E-state index in [4.69, 9.17) is 30.1 Å². The molecular formula is C33H42N8O2S. The van der Waals surface area contributed by atoms with Crippen LogP contribution in [-0.2, 0) is 18.3 Å². The molecule has 0 unspecified atom stereocenters. The molecule has 3 aliphatic carbocycles. The first kappa shape index (κ1) is 28.3. The highest BCUT2D eigenvalue weighted by Gasteiger charge is 2.48. The minimum Gasteiger partial charge on any atom is -0.473 e. The highest BCUT2D eigenvalue weighted by molar-refractivity contribution is 7.16. The maximum atomic E-state index is 10.1. The van der Waals surface area contributed by atoms with Crippen molar-refractivity contribution in [3.8, 4) is 23.5 Å². The van der Waals surface area contributed by atoms with Gasteiger partial charge in [-0.1, -0.05) is 5.16 Å². The van der Waals surface area contributed by atoms with E-state index in [9.17, 15) is 5.26 Å². The molecule has 0 amide bonds. The van der Waals surface area contributed by atoms with E-state index >= 15 is 0 Å². The van der Waals surface area contributed by atoms with Crippen LogP contribution in [0.2, 0.25) is 0 Å². The second kappa shape index (κ2) is 10.7. The predicted molar refractivity (Wildman–Crippen MR) is 170 cm³/mol. The number of hydrogen-bond acceptors (Lipinski definition) is 11. The van der Waals surface area contributed by atoms with Crippen LogP contribution in [0, 0.1) is 11.3 Å². The van der Waals surface area contributed by atoms with Gasteiger partial charge in [0, 0.05) is 53.1 Å². The second-order valence-electron chi connectivity index (χ2n) is 13.8. The van der Waals surface area contributed by atoms with Crippen LogP contribution in [0.3, 0.4) is 0 Å². The molecule has 5 heterocycles. The van der Waals surface area contributed by atoms with Gasteiger partial charge >= 0.3 is 0 Å². The van der Waals surface area contributed by atoms with Gasteiger partial charge in [-0.25, -0.2) is 4.98 Å². The zero-order chi connectivity index (χ0) is 30.1. The number of rotatable bonds is 5. The number of piperazine rings is 1. The summed E-state index contributed by atoms with van der Waals surface area (Å²) in [7, 11) is 2.18. The Morgan fingerprint density at radius 2 is 2.00 bits per heavy atom. The van der Waals surface area contributed by atoms with Crippen molar-refractivity contribution in [1.29, 1.82) is 5.26 Å². The number of hydrogen-bond donors (Lipinski definition) is 2. The summed E-state index contributed by atoms with van der Waals surface area (Å²) in [5.41, 5.74) is 9.94. The minimum absolute atomic E-state index is 0.000110. The van der Waals surface area contributed by atoms with E-state index in [0.717, 1.165) is 93.8 Å². The number of likely N-dealkylation sites (N-methyl/N-ethyl adjacent to an activating group) is 1. The van der Waals surface area contributed by atoms with Crippen molar-refractivity contribution in [3.63, 3.8) is 0 Å². The molecule has 3 aromatic heterocycles. The van der Waals surface area contributed by atoms with Gasteiger partial charge in [-0.15, -0.1) is 11.3 Å². The Kier molecular flexibility index (Phi) is 6.88. The summed E-state index contributed by atoms with van der Waals surface area (Å²) in [5, 5.41) is 19.3. The highest BCUT2D eigenvalue weighted by Crippen LogP contribution is 2.54. The smallest absolute Gasteiger partial charge is 0.219 e. The molecule has 44 heavy (non-hydrogen) atoms. The van der Waals surface area contributed by atoms with Crippen LogP contribution in [0.15, 0.2) is 10.6 Å². The van der Waals surface area contributed by atoms with E-state index in [1.54, 1.807) is 11.3 Å². The van der Waals surface area contributed by atoms with Crippen LogP contribution in [0.4, 0.5) is 10.8 Å². The predicted octanol–water partition coefficient (Wildman–Crippen LogP) is 4.80. The van der Waals surface area contributed by atoms with Crippen molar-refractivity contribution in [2.45, 2.75) is 101 Å². The van der Waals surface area contributed by atoms with Gasteiger partial charge in [-0.3, -0.25) is 4.90 Å². The van der Waals surface area contributed by atoms with Gasteiger partial charge in [-0.05, 0) is 96.7 Å². The Labute approximate surface area is 263 Å². The molecule has 8 rings (SSSR count). The molecule has 2 aliphatic heterocycles. The van der Waals surface area contributed by atoms with E-state index < -0.39 is 0 Å². The zero-order valence-corrected chi connectivity index (χ0v) is 26.6. The molecule has 1 saturated carbocycles. The average Bonchev–Trinajstić information content (AvgIpc) is 3.73. The van der Waals surface area contributed by atoms with Crippen LogP contribution in [0.1, 0.15) is 92.0 Å². The fraction of sp³-hybridized carbons (Fsp3) is 0.636. The zero-order valence-electron chi connectivity index (χ0n) is 25.8. The highest BCUT2D eigenvalue weighted by atomic mass is 32.1. The molecule has 232 valence electrons. The number of anilines is 2. The first-order valence-corrected chi connectivity index (χ1v) is 17.3. The summed E-state index contributed by atoms with van der Waals surface area (Å²) in [5.74, 6) is 2.65. The molecule has 2 saturated heterocycles. The number of nitrogens with one attached hydrogen (secondary N) is 1. The number of ether oxygens (including phenoxy) is 1. The van der Waals surface area contributed by atoms with Gasteiger partial charge in [-0.2, -0.15) is 10.2 Å². The molecule has 0 bridgehead atoms. The van der Waals surface area contributed by atoms with Crippen LogP contribution in [-0.4, -0.2) is 70.9 Å². The van der Waals surface area contributed by atoms with Crippen LogP contribution in [0.25, 0.3) is 11.6 Å². The monoisotopic (exact) mass is 614 g/mol. The SMILES string of the molecule is C[C@H](Oc1cc(N2CCNC3(CCC3)C2)nc(-c2onc3c2CCC[C@@]32CCCc3sc(N)c(C#N)c32)n1)[C@@H]1CCCN1C. The Balaban J connectivity index is 1.21. The van der Waals surface area contributed by atoms with E-state index in [1.807, 2.05) is 6.07 Å². The van der Waals surface area contributed by atoms with Crippen LogP contribution >= 0.6 is 11.3 Å². The Morgan fingerprint density at radius 3 is 2.75 bits per heavy atom. The molecule has 3 atom stereocenters. The van der Waals surface area contributed by atoms with Crippen molar-refractivity contribution in [3.05, 3.63) is 33.3 Å². The number of nitrogen functional groups attached to an aromatic ring is 1. The van der Waals surface area contributed by atoms with Gasteiger partial charge in [0.15, 0.2) is 0 Å². The number of fused-ring (bicyclic) bond motifs is 4. The third kappa shape index (κ3) is 4.44. The number of nitrogens with two attached hydrogens (primary N) is 1. The molecule has 2 spiro atoms. The number of thiophene rings is 1. The molecule has 5 aliphatic rings. The van der Waals surface area contributed by atoms with Gasteiger partial charge < -0.3 is 25.2 Å². The van der Waals surface area contributed by atoms with Gasteiger partial charge in [0.25, 0.3) is 0 Å². The molecule has 11 heteroatoms. The van der Waals surface area contributed by atoms with E-state index in [2.05, 4.69) is 35.2 Å². The molecular weight excluding hydrogens is 572 g/mol. The fourth-order valence-electron chi connectivity index (χ4n) is 8.86. The maximum absolute atomic E-state index is 10.1. The lowest BCUT2D eigenvalue weighted by atomic mass is 9.62. The molecule has 3 N–H and O–H groups in total. The number of likely N-dealkylation sites (tertiary alicyclic amines) is 1. The first-order chi connectivity index (χ1) is 21.4. The van der Waals surface area contributed by atoms with Crippen molar-refractivity contribution in [2.75, 3.05) is 43.9 Å². The lowest BCUT2D eigenvalue weighted by Crippen LogP contribution is -2.64. The maximum Gasteiger partial charge on any atom is 0.219 e.